The number of nitrogens with two attached hydrogens (primary N) is 1. The molecule has 0 spiro atoms. The van der Waals surface area contributed by atoms with Gasteiger partial charge in [-0.15, -0.1) is 0 Å². The van der Waals surface area contributed by atoms with Gasteiger partial charge in [0.25, 0.3) is 5.91 Å². The molecule has 0 saturated carbocycles. The van der Waals surface area contributed by atoms with E-state index in [9.17, 15) is 9.90 Å². The number of anilines is 1. The topological polar surface area (TPSA) is 136 Å². The summed E-state index contributed by atoms with van der Waals surface area (Å²) in [7, 11) is 0. The summed E-state index contributed by atoms with van der Waals surface area (Å²) in [5.74, 6) is -0.761. The van der Waals surface area contributed by atoms with Crippen molar-refractivity contribution in [3.63, 3.8) is 0 Å². The predicted molar refractivity (Wildman–Crippen MR) is 78.1 cm³/mol. The molecule has 116 valence electrons. The van der Waals surface area contributed by atoms with Crippen LogP contribution >= 0.6 is 11.6 Å². The molecule has 2 aromatic rings. The lowest BCUT2D eigenvalue weighted by atomic mass is 10.2. The zero-order valence-corrected chi connectivity index (χ0v) is 12.2. The Hall–Kier alpha value is -2.81. The van der Waals surface area contributed by atoms with Gasteiger partial charge in [-0.2, -0.15) is 5.10 Å². The summed E-state index contributed by atoms with van der Waals surface area (Å²) in [4.78, 5) is 11.6. The van der Waals surface area contributed by atoms with Gasteiger partial charge < -0.3 is 15.6 Å². The van der Waals surface area contributed by atoms with Gasteiger partial charge in [-0.3, -0.25) is 4.79 Å². The van der Waals surface area contributed by atoms with Crippen molar-refractivity contribution in [1.82, 2.24) is 15.7 Å². The molecule has 2 rings (SSSR count). The number of nitrogen functional groups attached to an aromatic ring is 1. The van der Waals surface area contributed by atoms with Gasteiger partial charge in [0, 0.05) is 0 Å². The minimum Gasteiger partial charge on any atom is -0.503 e. The molecule has 0 bridgehead atoms. The second kappa shape index (κ2) is 6.76. The highest BCUT2D eigenvalue weighted by molar-refractivity contribution is 6.32. The predicted octanol–water partition coefficient (Wildman–Crippen LogP) is 1.17. The number of carbonyl (C=O) groups excluding carboxylic acids is 1. The summed E-state index contributed by atoms with van der Waals surface area (Å²) in [5.41, 5.74) is 7.92. The highest BCUT2D eigenvalue weighted by Crippen LogP contribution is 2.34. The summed E-state index contributed by atoms with van der Waals surface area (Å²) in [5, 5.41) is 20.1. The number of phenolic OH excluding ortho intramolecular Hbond substituents is 1. The van der Waals surface area contributed by atoms with E-state index in [1.165, 1.54) is 18.3 Å². The molecule has 0 saturated heterocycles. The molecule has 9 nitrogen and oxygen atoms in total. The van der Waals surface area contributed by atoms with Crippen molar-refractivity contribution in [2.75, 3.05) is 12.3 Å². The number of benzene rings is 1. The van der Waals surface area contributed by atoms with Gasteiger partial charge in [-0.1, -0.05) is 11.6 Å². The number of nitrogens with one attached hydrogen (secondary N) is 1. The first-order chi connectivity index (χ1) is 10.5. The number of hydrogen-bond acceptors (Lipinski definition) is 8. The highest BCUT2D eigenvalue weighted by Gasteiger charge is 2.15. The van der Waals surface area contributed by atoms with Crippen LogP contribution in [0.1, 0.15) is 23.0 Å². The van der Waals surface area contributed by atoms with Crippen molar-refractivity contribution >= 4 is 29.5 Å². The maximum absolute atomic E-state index is 11.6. The molecule has 1 amide bonds. The van der Waals surface area contributed by atoms with E-state index in [-0.39, 0.29) is 28.0 Å². The monoisotopic (exact) mass is 325 g/mol. The average Bonchev–Trinajstić information content (AvgIpc) is 2.90. The van der Waals surface area contributed by atoms with Crippen LogP contribution in [0.25, 0.3) is 0 Å². The first-order valence-corrected chi connectivity index (χ1v) is 6.47. The summed E-state index contributed by atoms with van der Waals surface area (Å²) in [6.45, 7) is 2.13. The van der Waals surface area contributed by atoms with Gasteiger partial charge in [-0.25, -0.2) is 10.1 Å². The summed E-state index contributed by atoms with van der Waals surface area (Å²) in [6, 6.07) is 2.98. The van der Waals surface area contributed by atoms with Crippen molar-refractivity contribution < 1.29 is 19.3 Å². The van der Waals surface area contributed by atoms with Crippen LogP contribution in [0, 0.1) is 0 Å². The Morgan fingerprint density at radius 1 is 1.59 bits per heavy atom. The number of rotatable bonds is 5. The molecule has 1 aromatic carbocycles. The van der Waals surface area contributed by atoms with Crippen molar-refractivity contribution in [3.05, 3.63) is 28.4 Å². The lowest BCUT2D eigenvalue weighted by Crippen LogP contribution is -2.19. The Balaban J connectivity index is 2.10. The number of hydrogen-bond donors (Lipinski definition) is 3. The molecule has 0 fully saturated rings. The van der Waals surface area contributed by atoms with E-state index in [4.69, 9.17) is 22.1 Å². The van der Waals surface area contributed by atoms with Crippen molar-refractivity contribution in [2.45, 2.75) is 6.92 Å². The lowest BCUT2D eigenvalue weighted by Gasteiger charge is -2.08. The molecular weight excluding hydrogens is 314 g/mol. The summed E-state index contributed by atoms with van der Waals surface area (Å²) in [6.07, 6.45) is 1.31. The van der Waals surface area contributed by atoms with E-state index in [0.29, 0.717) is 12.2 Å². The number of ether oxygens (including phenoxy) is 1. The number of halogens is 1. The van der Waals surface area contributed by atoms with Gasteiger partial charge in [-0.05, 0) is 34.9 Å². The molecular formula is C12H12ClN5O4. The maximum atomic E-state index is 11.6. The smallest absolute Gasteiger partial charge is 0.297 e. The van der Waals surface area contributed by atoms with Crippen LogP contribution in [0.15, 0.2) is 21.9 Å². The van der Waals surface area contributed by atoms with Crippen LogP contribution in [-0.4, -0.2) is 34.1 Å². The molecule has 0 atom stereocenters. The van der Waals surface area contributed by atoms with Gasteiger partial charge in [0.15, 0.2) is 11.5 Å². The second-order valence-electron chi connectivity index (χ2n) is 3.98. The standard InChI is InChI=1S/C12H12ClN5O4/c1-2-21-8-4-6(3-7(13)10(8)19)5-15-16-12(20)9-11(14)18-22-17-9/h3-5,19H,2H2,1H3,(H2,14,18)(H,16,20). The third kappa shape index (κ3) is 3.44. The fraction of sp³-hybridized carbons (Fsp3) is 0.167. The van der Waals surface area contributed by atoms with Crippen molar-refractivity contribution in [2.24, 2.45) is 5.10 Å². The van der Waals surface area contributed by atoms with Crippen LogP contribution in [0.2, 0.25) is 5.02 Å². The molecule has 0 aliphatic rings. The molecule has 0 radical (unpaired) electrons. The number of hydrazone groups is 1. The van der Waals surface area contributed by atoms with E-state index >= 15 is 0 Å². The molecule has 10 heteroatoms. The van der Waals surface area contributed by atoms with Crippen LogP contribution in [0.5, 0.6) is 11.5 Å². The molecule has 1 aromatic heterocycles. The molecule has 0 aliphatic heterocycles. The Labute approximate surface area is 129 Å². The zero-order valence-electron chi connectivity index (χ0n) is 11.4. The van der Waals surface area contributed by atoms with Gasteiger partial charge in [0.05, 0.1) is 17.8 Å². The minimum atomic E-state index is -0.676. The quantitative estimate of drug-likeness (QED) is 0.554. The number of phenols is 1. The Morgan fingerprint density at radius 2 is 2.36 bits per heavy atom. The van der Waals surface area contributed by atoms with Gasteiger partial charge in [0.2, 0.25) is 11.5 Å². The molecule has 4 N–H and O–H groups in total. The number of nitrogens with zero attached hydrogens (tertiary/aromatic N) is 3. The van der Waals surface area contributed by atoms with E-state index in [2.05, 4.69) is 25.5 Å². The first-order valence-electron chi connectivity index (χ1n) is 6.09. The first kappa shape index (κ1) is 15.6. The average molecular weight is 326 g/mol. The van der Waals surface area contributed by atoms with Gasteiger partial charge in [0.1, 0.15) is 0 Å². The fourth-order valence-corrected chi connectivity index (χ4v) is 1.72. The minimum absolute atomic E-state index is 0.101. The molecule has 1 heterocycles. The number of amides is 1. The Bertz CT molecular complexity index is 716. The third-order valence-electron chi connectivity index (χ3n) is 2.46. The zero-order chi connectivity index (χ0) is 16.1. The van der Waals surface area contributed by atoms with E-state index in [0.717, 1.165) is 0 Å². The van der Waals surface area contributed by atoms with Crippen molar-refractivity contribution in [3.8, 4) is 11.5 Å². The van der Waals surface area contributed by atoms with Crippen LogP contribution in [0.4, 0.5) is 5.82 Å². The Kier molecular flexibility index (Phi) is 4.79. The number of aromatic hydroxyl groups is 1. The van der Waals surface area contributed by atoms with Crippen LogP contribution in [0.3, 0.4) is 0 Å². The maximum Gasteiger partial charge on any atom is 0.297 e. The largest absolute Gasteiger partial charge is 0.503 e. The number of aromatic nitrogens is 2. The SMILES string of the molecule is CCOc1cc(C=NNC(=O)c2nonc2N)cc(Cl)c1O. The lowest BCUT2D eigenvalue weighted by molar-refractivity contribution is 0.0946. The summed E-state index contributed by atoms with van der Waals surface area (Å²) < 4.78 is 9.53. The third-order valence-corrected chi connectivity index (χ3v) is 2.75. The molecule has 22 heavy (non-hydrogen) atoms. The fourth-order valence-electron chi connectivity index (χ4n) is 1.51. The second-order valence-corrected chi connectivity index (χ2v) is 4.39. The number of carbonyl (C=O) groups is 1. The van der Waals surface area contributed by atoms with Crippen molar-refractivity contribution in [1.29, 1.82) is 0 Å². The van der Waals surface area contributed by atoms with Crippen LogP contribution < -0.4 is 15.9 Å². The van der Waals surface area contributed by atoms with Crippen LogP contribution in [-0.2, 0) is 0 Å². The van der Waals surface area contributed by atoms with Gasteiger partial charge >= 0.3 is 0 Å². The van der Waals surface area contributed by atoms with E-state index in [1.807, 2.05) is 0 Å². The van der Waals surface area contributed by atoms with E-state index < -0.39 is 5.91 Å². The normalized spacial score (nSPS) is 10.8. The molecule has 0 unspecified atom stereocenters. The highest BCUT2D eigenvalue weighted by atomic mass is 35.5. The Morgan fingerprint density at radius 3 is 3.00 bits per heavy atom. The van der Waals surface area contributed by atoms with E-state index in [1.54, 1.807) is 6.92 Å². The molecule has 0 aliphatic carbocycles. The summed E-state index contributed by atoms with van der Waals surface area (Å²) >= 11 is 5.87.